The molecule has 12 heavy (non-hydrogen) atoms. The van der Waals surface area contributed by atoms with Crippen LogP contribution in [0.5, 0.6) is 0 Å². The molecule has 1 aromatic heterocycles. The number of aldehydes is 1. The third kappa shape index (κ3) is 1.37. The highest BCUT2D eigenvalue weighted by Crippen LogP contribution is 2.22. The van der Waals surface area contributed by atoms with Crippen molar-refractivity contribution in [1.82, 2.24) is 9.55 Å². The van der Waals surface area contributed by atoms with Crippen LogP contribution >= 0.6 is 0 Å². The minimum Gasteiger partial charge on any atom is -0.326 e. The predicted molar refractivity (Wildman–Crippen MR) is 42.7 cm³/mol. The fourth-order valence-corrected chi connectivity index (χ4v) is 1.08. The van der Waals surface area contributed by atoms with Crippen molar-refractivity contribution in [1.29, 1.82) is 0 Å². The maximum atomic E-state index is 13.3. The first-order chi connectivity index (χ1) is 5.46. The number of carbonyl (C=O) groups is 1. The van der Waals surface area contributed by atoms with Crippen molar-refractivity contribution >= 4 is 6.29 Å². The van der Waals surface area contributed by atoms with E-state index in [4.69, 9.17) is 0 Å². The molecule has 4 heteroatoms. The van der Waals surface area contributed by atoms with E-state index in [2.05, 4.69) is 4.98 Å². The summed E-state index contributed by atoms with van der Waals surface area (Å²) in [7, 11) is 1.62. The Balaban J connectivity index is 3.19. The number of nitrogens with zero attached hydrogens (tertiary/aromatic N) is 2. The van der Waals surface area contributed by atoms with Crippen LogP contribution in [-0.4, -0.2) is 15.8 Å². The van der Waals surface area contributed by atoms with Crippen molar-refractivity contribution in [3.05, 3.63) is 17.7 Å². The number of halogens is 1. The molecule has 0 saturated heterocycles. The number of carbonyl (C=O) groups excluding carboxylic acids is 1. The summed E-state index contributed by atoms with van der Waals surface area (Å²) in [5, 5.41) is 0. The van der Waals surface area contributed by atoms with Crippen molar-refractivity contribution in [2.24, 2.45) is 7.05 Å². The van der Waals surface area contributed by atoms with E-state index in [1.54, 1.807) is 7.05 Å². The van der Waals surface area contributed by atoms with Gasteiger partial charge in [0.15, 0.2) is 12.0 Å². The third-order valence-corrected chi connectivity index (χ3v) is 1.68. The average Bonchev–Trinajstić information content (AvgIpc) is 2.29. The fraction of sp³-hybridized carbons (Fsp3) is 0.500. The van der Waals surface area contributed by atoms with Crippen LogP contribution in [0.1, 0.15) is 30.2 Å². The smallest absolute Gasteiger partial charge is 0.168 e. The Morgan fingerprint density at radius 1 is 1.67 bits per heavy atom. The molecule has 0 aliphatic carbocycles. The zero-order chi connectivity index (χ0) is 9.35. The lowest BCUT2D eigenvalue weighted by molar-refractivity contribution is 0.111. The van der Waals surface area contributed by atoms with E-state index in [1.165, 1.54) is 24.6 Å². The molecular formula is C8H11FN2O. The van der Waals surface area contributed by atoms with Crippen molar-refractivity contribution in [2.75, 3.05) is 0 Å². The fourth-order valence-electron chi connectivity index (χ4n) is 1.08. The molecule has 0 spiro atoms. The van der Waals surface area contributed by atoms with Crippen LogP contribution in [0.2, 0.25) is 0 Å². The largest absolute Gasteiger partial charge is 0.326 e. The van der Waals surface area contributed by atoms with Crippen molar-refractivity contribution in [3.8, 4) is 0 Å². The highest BCUT2D eigenvalue weighted by Gasteiger charge is 2.24. The van der Waals surface area contributed by atoms with E-state index in [0.717, 1.165) is 0 Å². The molecule has 0 amide bonds. The molecule has 1 aromatic rings. The molecule has 0 radical (unpaired) electrons. The van der Waals surface area contributed by atoms with E-state index in [1.807, 2.05) is 0 Å². The van der Waals surface area contributed by atoms with Gasteiger partial charge in [0.25, 0.3) is 0 Å². The average molecular weight is 170 g/mol. The summed E-state index contributed by atoms with van der Waals surface area (Å²) in [6.07, 6.45) is 2.02. The first-order valence-electron chi connectivity index (χ1n) is 3.63. The van der Waals surface area contributed by atoms with Gasteiger partial charge in [-0.1, -0.05) is 0 Å². The van der Waals surface area contributed by atoms with E-state index in [9.17, 15) is 9.18 Å². The van der Waals surface area contributed by atoms with E-state index >= 15 is 0 Å². The van der Waals surface area contributed by atoms with Gasteiger partial charge in [0.1, 0.15) is 11.5 Å². The zero-order valence-electron chi connectivity index (χ0n) is 7.34. The Hall–Kier alpha value is -1.19. The quantitative estimate of drug-likeness (QED) is 0.629. The van der Waals surface area contributed by atoms with E-state index in [-0.39, 0.29) is 5.82 Å². The molecule has 1 heterocycles. The number of rotatable bonds is 2. The maximum absolute atomic E-state index is 13.3. The minimum absolute atomic E-state index is 0.268. The van der Waals surface area contributed by atoms with Gasteiger partial charge >= 0.3 is 0 Å². The van der Waals surface area contributed by atoms with Crippen LogP contribution < -0.4 is 0 Å². The summed E-state index contributed by atoms with van der Waals surface area (Å²) in [5.74, 6) is 0.268. The van der Waals surface area contributed by atoms with Gasteiger partial charge in [-0.2, -0.15) is 0 Å². The van der Waals surface area contributed by atoms with Crippen molar-refractivity contribution < 1.29 is 9.18 Å². The van der Waals surface area contributed by atoms with Gasteiger partial charge in [-0.3, -0.25) is 4.79 Å². The molecule has 0 aliphatic heterocycles. The van der Waals surface area contributed by atoms with Crippen LogP contribution in [0.3, 0.4) is 0 Å². The SMILES string of the molecule is Cn1c(C=O)cnc1C(C)(C)F. The lowest BCUT2D eigenvalue weighted by Crippen LogP contribution is -2.16. The van der Waals surface area contributed by atoms with Crippen LogP contribution in [0.4, 0.5) is 4.39 Å². The second kappa shape index (κ2) is 2.69. The third-order valence-electron chi connectivity index (χ3n) is 1.68. The molecule has 1 rings (SSSR count). The van der Waals surface area contributed by atoms with E-state index < -0.39 is 5.67 Å². The minimum atomic E-state index is -1.50. The lowest BCUT2D eigenvalue weighted by Gasteiger charge is -2.13. The van der Waals surface area contributed by atoms with Crippen molar-refractivity contribution in [3.63, 3.8) is 0 Å². The second-order valence-electron chi connectivity index (χ2n) is 3.16. The molecular weight excluding hydrogens is 159 g/mol. The molecule has 0 saturated carbocycles. The second-order valence-corrected chi connectivity index (χ2v) is 3.16. The summed E-state index contributed by atoms with van der Waals surface area (Å²) in [4.78, 5) is 14.2. The maximum Gasteiger partial charge on any atom is 0.168 e. The summed E-state index contributed by atoms with van der Waals surface area (Å²) < 4.78 is 14.8. The Bertz CT molecular complexity index is 298. The molecule has 3 nitrogen and oxygen atoms in total. The standard InChI is InChI=1S/C8H11FN2O/c1-8(2,9)7-10-4-6(5-12)11(7)3/h4-5H,1-3H3. The number of alkyl halides is 1. The molecule has 0 aliphatic rings. The van der Waals surface area contributed by atoms with Gasteiger partial charge in [0.05, 0.1) is 6.20 Å². The van der Waals surface area contributed by atoms with Gasteiger partial charge in [-0.25, -0.2) is 9.37 Å². The molecule has 66 valence electrons. The zero-order valence-corrected chi connectivity index (χ0v) is 7.34. The first-order valence-corrected chi connectivity index (χ1v) is 3.63. The normalized spacial score (nSPS) is 11.7. The molecule has 0 bridgehead atoms. The van der Waals surface area contributed by atoms with E-state index in [0.29, 0.717) is 12.0 Å². The Labute approximate surface area is 70.2 Å². The van der Waals surface area contributed by atoms with Crippen LogP contribution in [0.25, 0.3) is 0 Å². The van der Waals surface area contributed by atoms with Gasteiger partial charge < -0.3 is 4.57 Å². The van der Waals surface area contributed by atoms with Gasteiger partial charge in [-0.15, -0.1) is 0 Å². The van der Waals surface area contributed by atoms with Gasteiger partial charge in [0.2, 0.25) is 0 Å². The van der Waals surface area contributed by atoms with Gasteiger partial charge in [-0.05, 0) is 13.8 Å². The number of imidazole rings is 1. The summed E-state index contributed by atoms with van der Waals surface area (Å²) in [5.41, 5.74) is -1.12. The Morgan fingerprint density at radius 3 is 2.50 bits per heavy atom. The summed E-state index contributed by atoms with van der Waals surface area (Å²) in [6.45, 7) is 2.81. The molecule has 0 unspecified atom stereocenters. The molecule has 0 fully saturated rings. The lowest BCUT2D eigenvalue weighted by atomic mass is 10.1. The summed E-state index contributed by atoms with van der Waals surface area (Å²) in [6, 6.07) is 0. The predicted octanol–water partition coefficient (Wildman–Crippen LogP) is 1.44. The Morgan fingerprint density at radius 2 is 2.25 bits per heavy atom. The highest BCUT2D eigenvalue weighted by atomic mass is 19.1. The van der Waals surface area contributed by atoms with Crippen LogP contribution in [-0.2, 0) is 12.7 Å². The number of hydrogen-bond acceptors (Lipinski definition) is 2. The van der Waals surface area contributed by atoms with Crippen molar-refractivity contribution in [2.45, 2.75) is 19.5 Å². The monoisotopic (exact) mass is 170 g/mol. The molecule has 0 aromatic carbocycles. The molecule has 0 atom stereocenters. The topological polar surface area (TPSA) is 34.9 Å². The van der Waals surface area contributed by atoms with Gasteiger partial charge in [0, 0.05) is 7.05 Å². The number of hydrogen-bond donors (Lipinski definition) is 0. The van der Waals surface area contributed by atoms with Crippen LogP contribution in [0, 0.1) is 0 Å². The number of aromatic nitrogens is 2. The first kappa shape index (κ1) is 8.90. The van der Waals surface area contributed by atoms with Crippen LogP contribution in [0.15, 0.2) is 6.20 Å². The Kier molecular flexibility index (Phi) is 2.00. The highest BCUT2D eigenvalue weighted by molar-refractivity contribution is 5.71. The molecule has 0 N–H and O–H groups in total. The summed E-state index contributed by atoms with van der Waals surface area (Å²) >= 11 is 0.